The number of halogens is 1. The van der Waals surface area contributed by atoms with Crippen LogP contribution in [0.1, 0.15) is 19.8 Å². The molecule has 0 saturated carbocycles. The van der Waals surface area contributed by atoms with Gasteiger partial charge in [0, 0.05) is 13.6 Å². The van der Waals surface area contributed by atoms with Gasteiger partial charge in [-0.15, -0.1) is 12.4 Å². The molecule has 2 N–H and O–H groups in total. The van der Waals surface area contributed by atoms with Crippen molar-refractivity contribution in [3.05, 3.63) is 0 Å². The molecule has 0 bridgehead atoms. The minimum absolute atomic E-state index is 0. The predicted molar refractivity (Wildman–Crippen MR) is 51.5 cm³/mol. The predicted octanol–water partition coefficient (Wildman–Crippen LogP) is 0.544. The van der Waals surface area contributed by atoms with Gasteiger partial charge in [0.05, 0.1) is 5.41 Å². The molecule has 0 aromatic carbocycles. The summed E-state index contributed by atoms with van der Waals surface area (Å²) < 4.78 is 0. The maximum absolute atomic E-state index is 11.3. The molecule has 0 radical (unpaired) electrons. The zero-order valence-electron chi connectivity index (χ0n) is 7.64. The zero-order chi connectivity index (χ0) is 8.32. The van der Waals surface area contributed by atoms with E-state index in [2.05, 4.69) is 10.6 Å². The molecule has 1 aliphatic heterocycles. The topological polar surface area (TPSA) is 41.1 Å². The fourth-order valence-corrected chi connectivity index (χ4v) is 1.55. The first-order valence-corrected chi connectivity index (χ1v) is 4.12. The molecule has 0 aliphatic carbocycles. The number of carbonyl (C=O) groups is 1. The monoisotopic (exact) mass is 192 g/mol. The molecule has 1 unspecified atom stereocenters. The second-order valence-electron chi connectivity index (χ2n) is 3.42. The van der Waals surface area contributed by atoms with Crippen LogP contribution in [-0.4, -0.2) is 26.0 Å². The van der Waals surface area contributed by atoms with E-state index in [1.807, 2.05) is 6.92 Å². The van der Waals surface area contributed by atoms with Crippen molar-refractivity contribution in [1.82, 2.24) is 10.6 Å². The molecule has 4 heteroatoms. The van der Waals surface area contributed by atoms with Crippen molar-refractivity contribution in [2.45, 2.75) is 19.8 Å². The standard InChI is InChI=1S/C8H16N2O.ClH/c1-8(7(11)9-2)4-3-5-10-6-8;/h10H,3-6H2,1-2H3,(H,9,11);1H. The minimum Gasteiger partial charge on any atom is -0.359 e. The normalized spacial score (nSPS) is 28.8. The summed E-state index contributed by atoms with van der Waals surface area (Å²) in [4.78, 5) is 11.3. The summed E-state index contributed by atoms with van der Waals surface area (Å²) in [6.45, 7) is 3.87. The molecule has 12 heavy (non-hydrogen) atoms. The fourth-order valence-electron chi connectivity index (χ4n) is 1.55. The molecule has 0 aromatic rings. The molecule has 3 nitrogen and oxygen atoms in total. The van der Waals surface area contributed by atoms with E-state index in [0.717, 1.165) is 25.9 Å². The third kappa shape index (κ3) is 2.35. The van der Waals surface area contributed by atoms with Crippen molar-refractivity contribution >= 4 is 18.3 Å². The third-order valence-electron chi connectivity index (χ3n) is 2.37. The fraction of sp³-hybridized carbons (Fsp3) is 0.875. The molecule has 1 rings (SSSR count). The van der Waals surface area contributed by atoms with Gasteiger partial charge in [0.15, 0.2) is 0 Å². The minimum atomic E-state index is -0.174. The van der Waals surface area contributed by atoms with E-state index in [-0.39, 0.29) is 23.7 Å². The van der Waals surface area contributed by atoms with Gasteiger partial charge in [0.2, 0.25) is 5.91 Å². The lowest BCUT2D eigenvalue weighted by Gasteiger charge is -2.31. The Morgan fingerprint density at radius 1 is 1.58 bits per heavy atom. The molecule has 1 fully saturated rings. The van der Waals surface area contributed by atoms with Gasteiger partial charge in [-0.3, -0.25) is 4.79 Å². The lowest BCUT2D eigenvalue weighted by molar-refractivity contribution is -0.130. The van der Waals surface area contributed by atoms with Crippen LogP contribution in [0.5, 0.6) is 0 Å². The molecule has 0 aromatic heterocycles. The molecule has 1 saturated heterocycles. The van der Waals surface area contributed by atoms with Crippen LogP contribution >= 0.6 is 12.4 Å². The van der Waals surface area contributed by atoms with E-state index >= 15 is 0 Å². The first-order chi connectivity index (χ1) is 5.19. The van der Waals surface area contributed by atoms with Crippen molar-refractivity contribution in [3.8, 4) is 0 Å². The number of carbonyl (C=O) groups excluding carboxylic acids is 1. The van der Waals surface area contributed by atoms with Crippen LogP contribution in [0.15, 0.2) is 0 Å². The molecule has 1 aliphatic rings. The third-order valence-corrected chi connectivity index (χ3v) is 2.37. The summed E-state index contributed by atoms with van der Waals surface area (Å²) in [6, 6.07) is 0. The highest BCUT2D eigenvalue weighted by atomic mass is 35.5. The van der Waals surface area contributed by atoms with Gasteiger partial charge in [-0.1, -0.05) is 0 Å². The van der Waals surface area contributed by atoms with Gasteiger partial charge < -0.3 is 10.6 Å². The second kappa shape index (κ2) is 4.67. The van der Waals surface area contributed by atoms with Crippen molar-refractivity contribution in [1.29, 1.82) is 0 Å². The summed E-state index contributed by atoms with van der Waals surface area (Å²) in [5, 5.41) is 5.93. The van der Waals surface area contributed by atoms with Gasteiger partial charge in [-0.05, 0) is 26.3 Å². The van der Waals surface area contributed by atoms with Gasteiger partial charge >= 0.3 is 0 Å². The van der Waals surface area contributed by atoms with E-state index in [9.17, 15) is 4.79 Å². The Kier molecular flexibility index (Phi) is 4.57. The van der Waals surface area contributed by atoms with Crippen molar-refractivity contribution in [3.63, 3.8) is 0 Å². The molecule has 1 heterocycles. The van der Waals surface area contributed by atoms with E-state index < -0.39 is 0 Å². The Bertz CT molecular complexity index is 155. The number of hydrogen-bond donors (Lipinski definition) is 2. The summed E-state index contributed by atoms with van der Waals surface area (Å²) >= 11 is 0. The highest BCUT2D eigenvalue weighted by Gasteiger charge is 2.33. The number of hydrogen-bond acceptors (Lipinski definition) is 2. The van der Waals surface area contributed by atoms with Crippen LogP contribution in [0.2, 0.25) is 0 Å². The van der Waals surface area contributed by atoms with Crippen LogP contribution in [0.25, 0.3) is 0 Å². The van der Waals surface area contributed by atoms with Crippen LogP contribution in [-0.2, 0) is 4.79 Å². The summed E-state index contributed by atoms with van der Waals surface area (Å²) in [5.74, 6) is 0.157. The van der Waals surface area contributed by atoms with Crippen molar-refractivity contribution in [2.75, 3.05) is 20.1 Å². The summed E-state index contributed by atoms with van der Waals surface area (Å²) in [7, 11) is 1.70. The number of nitrogens with one attached hydrogen (secondary N) is 2. The molecular formula is C8H17ClN2O. The van der Waals surface area contributed by atoms with Gasteiger partial charge in [-0.25, -0.2) is 0 Å². The first kappa shape index (κ1) is 11.7. The van der Waals surface area contributed by atoms with Gasteiger partial charge in [-0.2, -0.15) is 0 Å². The maximum atomic E-state index is 11.3. The molecule has 1 amide bonds. The van der Waals surface area contributed by atoms with Crippen LogP contribution in [0, 0.1) is 5.41 Å². The zero-order valence-corrected chi connectivity index (χ0v) is 8.46. The Morgan fingerprint density at radius 3 is 2.67 bits per heavy atom. The summed E-state index contributed by atoms with van der Waals surface area (Å²) in [5.41, 5.74) is -0.174. The molecular weight excluding hydrogens is 176 g/mol. The number of amides is 1. The maximum Gasteiger partial charge on any atom is 0.226 e. The molecule has 1 atom stereocenters. The Labute approximate surface area is 79.7 Å². The second-order valence-corrected chi connectivity index (χ2v) is 3.42. The lowest BCUT2D eigenvalue weighted by atomic mass is 9.82. The van der Waals surface area contributed by atoms with Crippen LogP contribution < -0.4 is 10.6 Å². The van der Waals surface area contributed by atoms with E-state index in [1.54, 1.807) is 7.05 Å². The molecule has 0 spiro atoms. The average Bonchev–Trinajstić information content (AvgIpc) is 2.04. The summed E-state index contributed by atoms with van der Waals surface area (Å²) in [6.07, 6.45) is 2.10. The smallest absolute Gasteiger partial charge is 0.226 e. The average molecular weight is 193 g/mol. The quantitative estimate of drug-likeness (QED) is 0.637. The van der Waals surface area contributed by atoms with Crippen molar-refractivity contribution in [2.24, 2.45) is 5.41 Å². The highest BCUT2D eigenvalue weighted by Crippen LogP contribution is 2.24. The molecule has 72 valence electrons. The van der Waals surface area contributed by atoms with Gasteiger partial charge in [0.1, 0.15) is 0 Å². The first-order valence-electron chi connectivity index (χ1n) is 4.12. The largest absolute Gasteiger partial charge is 0.359 e. The van der Waals surface area contributed by atoms with Crippen LogP contribution in [0.4, 0.5) is 0 Å². The van der Waals surface area contributed by atoms with Crippen LogP contribution in [0.3, 0.4) is 0 Å². The number of rotatable bonds is 1. The van der Waals surface area contributed by atoms with Crippen molar-refractivity contribution < 1.29 is 4.79 Å². The van der Waals surface area contributed by atoms with E-state index in [0.29, 0.717) is 0 Å². The van der Waals surface area contributed by atoms with E-state index in [4.69, 9.17) is 0 Å². The SMILES string of the molecule is CNC(=O)C1(C)CCCNC1.Cl. The van der Waals surface area contributed by atoms with E-state index in [1.165, 1.54) is 0 Å². The lowest BCUT2D eigenvalue weighted by Crippen LogP contribution is -2.47. The van der Waals surface area contributed by atoms with Gasteiger partial charge in [0.25, 0.3) is 0 Å². The Balaban J connectivity index is 0.00000121. The highest BCUT2D eigenvalue weighted by molar-refractivity contribution is 5.85. The number of piperidine rings is 1. The Hall–Kier alpha value is -0.280. The Morgan fingerprint density at radius 2 is 2.25 bits per heavy atom.